The largest absolute Gasteiger partial charge is 0.495 e. The fourth-order valence-electron chi connectivity index (χ4n) is 2.37. The van der Waals surface area contributed by atoms with Crippen LogP contribution in [-0.4, -0.2) is 27.7 Å². The number of halogens is 1. The summed E-state index contributed by atoms with van der Waals surface area (Å²) >= 11 is 5.92. The maximum absolute atomic E-state index is 12.1. The highest BCUT2D eigenvalue weighted by Gasteiger charge is 2.21. The molecule has 0 aliphatic heterocycles. The summed E-state index contributed by atoms with van der Waals surface area (Å²) in [6.07, 6.45) is 0.106. The molecular formula is C15H17ClN4O4. The monoisotopic (exact) mass is 352 g/mol. The topological polar surface area (TPSA) is 99.3 Å². The second kappa shape index (κ2) is 7.31. The second-order valence-corrected chi connectivity index (χ2v) is 5.58. The van der Waals surface area contributed by atoms with Crippen molar-refractivity contribution >= 4 is 28.9 Å². The van der Waals surface area contributed by atoms with Crippen LogP contribution in [0.15, 0.2) is 18.2 Å². The normalized spacial score (nSPS) is 10.5. The summed E-state index contributed by atoms with van der Waals surface area (Å²) < 4.78 is 6.62. The van der Waals surface area contributed by atoms with Gasteiger partial charge in [-0.1, -0.05) is 11.6 Å². The van der Waals surface area contributed by atoms with Crippen molar-refractivity contribution in [2.45, 2.75) is 26.8 Å². The summed E-state index contributed by atoms with van der Waals surface area (Å²) in [7, 11) is 1.49. The molecule has 2 rings (SSSR count). The number of benzene rings is 1. The van der Waals surface area contributed by atoms with Crippen molar-refractivity contribution in [1.82, 2.24) is 9.78 Å². The quantitative estimate of drug-likeness (QED) is 0.636. The number of methoxy groups -OCH3 is 1. The Morgan fingerprint density at radius 1 is 1.46 bits per heavy atom. The van der Waals surface area contributed by atoms with Gasteiger partial charge in [0.05, 0.1) is 24.3 Å². The number of hydrogen-bond donors (Lipinski definition) is 1. The number of nitro groups is 1. The Hall–Kier alpha value is -2.61. The molecule has 1 heterocycles. The zero-order valence-electron chi connectivity index (χ0n) is 13.5. The maximum atomic E-state index is 12.1. The van der Waals surface area contributed by atoms with E-state index in [-0.39, 0.29) is 24.6 Å². The number of amides is 1. The Morgan fingerprint density at radius 3 is 2.75 bits per heavy atom. The van der Waals surface area contributed by atoms with E-state index in [1.165, 1.54) is 11.8 Å². The van der Waals surface area contributed by atoms with E-state index in [0.29, 0.717) is 27.8 Å². The number of aromatic nitrogens is 2. The lowest BCUT2D eigenvalue weighted by molar-refractivity contribution is -0.386. The molecule has 1 amide bonds. The molecule has 0 atom stereocenters. The zero-order chi connectivity index (χ0) is 17.9. The SMILES string of the molecule is COc1ccc(Cl)cc1NC(=O)CCn1nc(C)c([N+](=O)[O-])c1C. The molecule has 0 radical (unpaired) electrons. The molecule has 1 aromatic carbocycles. The molecule has 1 N–H and O–H groups in total. The van der Waals surface area contributed by atoms with Crippen molar-refractivity contribution in [2.24, 2.45) is 0 Å². The van der Waals surface area contributed by atoms with Gasteiger partial charge in [-0.3, -0.25) is 19.6 Å². The number of hydrogen-bond acceptors (Lipinski definition) is 5. The Morgan fingerprint density at radius 2 is 2.17 bits per heavy atom. The maximum Gasteiger partial charge on any atom is 0.312 e. The van der Waals surface area contributed by atoms with Crippen molar-refractivity contribution in [3.63, 3.8) is 0 Å². The first-order chi connectivity index (χ1) is 11.3. The molecule has 128 valence electrons. The van der Waals surface area contributed by atoms with Gasteiger partial charge in [0.2, 0.25) is 5.91 Å². The van der Waals surface area contributed by atoms with Gasteiger partial charge in [-0.2, -0.15) is 5.10 Å². The van der Waals surface area contributed by atoms with E-state index in [0.717, 1.165) is 0 Å². The molecule has 0 aliphatic rings. The standard InChI is InChI=1S/C15H17ClN4O4/c1-9-15(20(22)23)10(2)19(18-9)7-6-14(21)17-12-8-11(16)4-5-13(12)24-3/h4-5,8H,6-7H2,1-3H3,(H,17,21). The van der Waals surface area contributed by atoms with E-state index in [9.17, 15) is 14.9 Å². The van der Waals surface area contributed by atoms with Crippen LogP contribution in [0.4, 0.5) is 11.4 Å². The van der Waals surface area contributed by atoms with Crippen LogP contribution in [0.25, 0.3) is 0 Å². The number of rotatable bonds is 6. The summed E-state index contributed by atoms with van der Waals surface area (Å²) in [4.78, 5) is 22.6. The minimum absolute atomic E-state index is 0.0214. The molecule has 9 heteroatoms. The highest BCUT2D eigenvalue weighted by molar-refractivity contribution is 6.31. The molecule has 24 heavy (non-hydrogen) atoms. The summed E-state index contributed by atoms with van der Waals surface area (Å²) in [5, 5.41) is 18.3. The number of ether oxygens (including phenoxy) is 1. The van der Waals surface area contributed by atoms with Gasteiger partial charge in [-0.05, 0) is 32.0 Å². The van der Waals surface area contributed by atoms with Gasteiger partial charge in [0, 0.05) is 11.4 Å². The molecule has 0 aliphatic carbocycles. The lowest BCUT2D eigenvalue weighted by Crippen LogP contribution is -2.16. The lowest BCUT2D eigenvalue weighted by atomic mass is 10.2. The minimum Gasteiger partial charge on any atom is -0.495 e. The van der Waals surface area contributed by atoms with E-state index in [2.05, 4.69) is 10.4 Å². The third-order valence-corrected chi connectivity index (χ3v) is 3.75. The molecule has 0 spiro atoms. The van der Waals surface area contributed by atoms with Gasteiger partial charge in [0.1, 0.15) is 17.1 Å². The highest BCUT2D eigenvalue weighted by Crippen LogP contribution is 2.28. The van der Waals surface area contributed by atoms with Crippen LogP contribution in [0.2, 0.25) is 5.02 Å². The van der Waals surface area contributed by atoms with Crippen LogP contribution in [0.5, 0.6) is 5.75 Å². The minimum atomic E-state index is -0.467. The third-order valence-electron chi connectivity index (χ3n) is 3.51. The number of nitrogens with zero attached hydrogens (tertiary/aromatic N) is 3. The lowest BCUT2D eigenvalue weighted by Gasteiger charge is -2.10. The molecule has 1 aromatic heterocycles. The van der Waals surface area contributed by atoms with Crippen molar-refractivity contribution in [1.29, 1.82) is 0 Å². The first-order valence-corrected chi connectivity index (χ1v) is 7.53. The van der Waals surface area contributed by atoms with Crippen LogP contribution in [0, 0.1) is 24.0 Å². The number of aryl methyl sites for hydroxylation is 2. The van der Waals surface area contributed by atoms with Gasteiger partial charge >= 0.3 is 5.69 Å². The van der Waals surface area contributed by atoms with E-state index in [1.807, 2.05) is 0 Å². The van der Waals surface area contributed by atoms with Crippen molar-refractivity contribution in [3.8, 4) is 5.75 Å². The predicted octanol–water partition coefficient (Wildman–Crippen LogP) is 3.10. The van der Waals surface area contributed by atoms with Crippen molar-refractivity contribution < 1.29 is 14.5 Å². The zero-order valence-corrected chi connectivity index (χ0v) is 14.3. The van der Waals surface area contributed by atoms with Crippen LogP contribution in [-0.2, 0) is 11.3 Å². The number of anilines is 1. The first-order valence-electron chi connectivity index (χ1n) is 7.15. The Labute approximate surface area is 143 Å². The van der Waals surface area contributed by atoms with E-state index >= 15 is 0 Å². The molecule has 0 unspecified atom stereocenters. The van der Waals surface area contributed by atoms with Gasteiger partial charge in [0.25, 0.3) is 0 Å². The molecule has 0 saturated carbocycles. The molecule has 2 aromatic rings. The Bertz CT molecular complexity index is 788. The van der Waals surface area contributed by atoms with Gasteiger partial charge in [-0.25, -0.2) is 0 Å². The summed E-state index contributed by atoms with van der Waals surface area (Å²) in [5.41, 5.74) is 1.20. The summed E-state index contributed by atoms with van der Waals surface area (Å²) in [6, 6.07) is 4.90. The number of carbonyl (C=O) groups is 1. The molecule has 0 bridgehead atoms. The second-order valence-electron chi connectivity index (χ2n) is 5.14. The average molecular weight is 353 g/mol. The van der Waals surface area contributed by atoms with Crippen LogP contribution in [0.3, 0.4) is 0 Å². The van der Waals surface area contributed by atoms with Crippen LogP contribution in [0.1, 0.15) is 17.8 Å². The van der Waals surface area contributed by atoms with Crippen LogP contribution < -0.4 is 10.1 Å². The van der Waals surface area contributed by atoms with Gasteiger partial charge in [0.15, 0.2) is 0 Å². The smallest absolute Gasteiger partial charge is 0.312 e. The molecule has 0 saturated heterocycles. The summed E-state index contributed by atoms with van der Waals surface area (Å²) in [5.74, 6) is 0.222. The predicted molar refractivity (Wildman–Crippen MR) is 89.6 cm³/mol. The first kappa shape index (κ1) is 17.7. The highest BCUT2D eigenvalue weighted by atomic mass is 35.5. The average Bonchev–Trinajstić information content (AvgIpc) is 2.79. The van der Waals surface area contributed by atoms with E-state index < -0.39 is 4.92 Å². The Kier molecular flexibility index (Phi) is 5.40. The Balaban J connectivity index is 2.06. The van der Waals surface area contributed by atoms with E-state index in [1.54, 1.807) is 32.0 Å². The van der Waals surface area contributed by atoms with Crippen molar-refractivity contribution in [3.05, 3.63) is 44.7 Å². The van der Waals surface area contributed by atoms with Gasteiger partial charge in [-0.15, -0.1) is 0 Å². The third kappa shape index (κ3) is 3.83. The summed E-state index contributed by atoms with van der Waals surface area (Å²) in [6.45, 7) is 3.41. The van der Waals surface area contributed by atoms with Crippen LogP contribution >= 0.6 is 11.6 Å². The molecule has 8 nitrogen and oxygen atoms in total. The molecular weight excluding hydrogens is 336 g/mol. The van der Waals surface area contributed by atoms with Gasteiger partial charge < -0.3 is 10.1 Å². The van der Waals surface area contributed by atoms with Crippen molar-refractivity contribution in [2.75, 3.05) is 12.4 Å². The van der Waals surface area contributed by atoms with E-state index in [4.69, 9.17) is 16.3 Å². The number of carbonyl (C=O) groups excluding carboxylic acids is 1. The fourth-order valence-corrected chi connectivity index (χ4v) is 2.54. The number of nitrogens with one attached hydrogen (secondary N) is 1. The molecule has 0 fully saturated rings. The fraction of sp³-hybridized carbons (Fsp3) is 0.333.